The average Bonchev–Trinajstić information content (AvgIpc) is 2.82. The van der Waals surface area contributed by atoms with Gasteiger partial charge >= 0.3 is 0 Å². The fourth-order valence-corrected chi connectivity index (χ4v) is 5.21. The van der Waals surface area contributed by atoms with Crippen LogP contribution in [-0.2, 0) is 4.79 Å². The van der Waals surface area contributed by atoms with Gasteiger partial charge in [0.05, 0.1) is 0 Å². The summed E-state index contributed by atoms with van der Waals surface area (Å²) in [4.78, 5) is 14.1. The predicted molar refractivity (Wildman–Crippen MR) is 144 cm³/mol. The Kier molecular flexibility index (Phi) is 6.09. The Morgan fingerprint density at radius 2 is 1.65 bits per heavy atom. The summed E-state index contributed by atoms with van der Waals surface area (Å²) < 4.78 is 1.02. The molecule has 0 aromatic heterocycles. The van der Waals surface area contributed by atoms with Gasteiger partial charge in [0.1, 0.15) is 0 Å². The van der Waals surface area contributed by atoms with Crippen LogP contribution < -0.4 is 5.32 Å². The zero-order valence-corrected chi connectivity index (χ0v) is 21.5. The molecule has 2 aliphatic rings. The standard InChI is InChI=1S/C30H25BrClNO/c1-30(2)18-27-28(29(34)25(30)16-19-6-4-3-5-7-19)24(20-8-12-22(31)13-9-20)17-26(33-27)21-10-14-23(32)15-11-21/h3-17,24,33H,18H2,1-2H3/b25-16+. The Labute approximate surface area is 214 Å². The molecule has 1 aliphatic carbocycles. The molecule has 0 radical (unpaired) electrons. The van der Waals surface area contributed by atoms with E-state index in [9.17, 15) is 4.79 Å². The number of rotatable bonds is 3. The third-order valence-corrected chi connectivity index (χ3v) is 7.37. The van der Waals surface area contributed by atoms with E-state index in [0.717, 1.165) is 50.1 Å². The van der Waals surface area contributed by atoms with Gasteiger partial charge in [0.25, 0.3) is 0 Å². The molecule has 1 atom stereocenters. The van der Waals surface area contributed by atoms with Gasteiger partial charge in [0.2, 0.25) is 0 Å². The molecule has 5 rings (SSSR count). The maximum absolute atomic E-state index is 14.1. The van der Waals surface area contributed by atoms with Crippen LogP contribution in [-0.4, -0.2) is 5.78 Å². The first-order valence-electron chi connectivity index (χ1n) is 11.4. The zero-order valence-electron chi connectivity index (χ0n) is 19.1. The van der Waals surface area contributed by atoms with Crippen LogP contribution in [0.2, 0.25) is 5.02 Å². The third kappa shape index (κ3) is 4.43. The van der Waals surface area contributed by atoms with Crippen LogP contribution >= 0.6 is 27.5 Å². The van der Waals surface area contributed by atoms with Crippen molar-refractivity contribution in [2.24, 2.45) is 5.41 Å². The summed E-state index contributed by atoms with van der Waals surface area (Å²) in [6, 6.07) is 26.2. The number of benzene rings is 3. The van der Waals surface area contributed by atoms with Gasteiger partial charge in [-0.05, 0) is 64.9 Å². The minimum atomic E-state index is -0.300. The van der Waals surface area contributed by atoms with E-state index in [2.05, 4.69) is 59.4 Å². The summed E-state index contributed by atoms with van der Waals surface area (Å²) in [6.45, 7) is 4.31. The van der Waals surface area contributed by atoms with Gasteiger partial charge in [-0.25, -0.2) is 0 Å². The second-order valence-corrected chi connectivity index (χ2v) is 10.8. The lowest BCUT2D eigenvalue weighted by molar-refractivity contribution is -0.113. The van der Waals surface area contributed by atoms with Crippen molar-refractivity contribution in [1.82, 2.24) is 5.32 Å². The molecule has 1 aliphatic heterocycles. The Morgan fingerprint density at radius 1 is 0.971 bits per heavy atom. The first-order valence-corrected chi connectivity index (χ1v) is 12.5. The molecule has 0 saturated heterocycles. The van der Waals surface area contributed by atoms with Gasteiger partial charge in [0.15, 0.2) is 5.78 Å². The molecule has 4 heteroatoms. The van der Waals surface area contributed by atoms with Crippen LogP contribution in [0.15, 0.2) is 106 Å². The Hall–Kier alpha value is -2.88. The molecule has 3 aromatic rings. The fourth-order valence-electron chi connectivity index (χ4n) is 4.82. The van der Waals surface area contributed by atoms with E-state index in [1.807, 2.05) is 66.7 Å². The largest absolute Gasteiger partial charge is 0.358 e. The van der Waals surface area contributed by atoms with Crippen LogP contribution in [0.1, 0.15) is 42.9 Å². The molecule has 0 amide bonds. The van der Waals surface area contributed by atoms with Crippen molar-refractivity contribution in [2.45, 2.75) is 26.2 Å². The molecule has 0 bridgehead atoms. The number of dihydropyridines is 1. The van der Waals surface area contributed by atoms with Crippen LogP contribution in [0.5, 0.6) is 0 Å². The lowest BCUT2D eigenvalue weighted by atomic mass is 9.67. The Bertz CT molecular complexity index is 1330. The number of nitrogens with one attached hydrogen (secondary N) is 1. The van der Waals surface area contributed by atoms with Crippen molar-refractivity contribution < 1.29 is 4.79 Å². The van der Waals surface area contributed by atoms with E-state index in [0.29, 0.717) is 5.02 Å². The maximum Gasteiger partial charge on any atom is 0.188 e. The van der Waals surface area contributed by atoms with Crippen molar-refractivity contribution in [3.05, 3.63) is 128 Å². The number of halogens is 2. The van der Waals surface area contributed by atoms with Crippen molar-refractivity contribution in [1.29, 1.82) is 0 Å². The SMILES string of the molecule is CC1(C)CC2=C(C(=O)/C1=C\c1ccccc1)C(c1ccc(Br)cc1)C=C(c1ccc(Cl)cc1)N2. The monoisotopic (exact) mass is 529 g/mol. The predicted octanol–water partition coefficient (Wildman–Crippen LogP) is 8.17. The highest BCUT2D eigenvalue weighted by molar-refractivity contribution is 9.10. The Morgan fingerprint density at radius 3 is 2.32 bits per heavy atom. The van der Waals surface area contributed by atoms with E-state index >= 15 is 0 Å². The normalized spacial score (nSPS) is 20.6. The summed E-state index contributed by atoms with van der Waals surface area (Å²) in [7, 11) is 0. The second kappa shape index (κ2) is 9.05. The van der Waals surface area contributed by atoms with Gasteiger partial charge in [-0.3, -0.25) is 4.79 Å². The molecule has 1 unspecified atom stereocenters. The average molecular weight is 531 g/mol. The van der Waals surface area contributed by atoms with Gasteiger partial charge in [0, 0.05) is 38.0 Å². The molecule has 3 aromatic carbocycles. The lowest BCUT2D eigenvalue weighted by Crippen LogP contribution is -2.37. The minimum Gasteiger partial charge on any atom is -0.358 e. The zero-order chi connectivity index (χ0) is 23.9. The summed E-state index contributed by atoms with van der Waals surface area (Å²) in [5.41, 5.74) is 6.58. The molecule has 0 saturated carbocycles. The number of allylic oxidation sites excluding steroid dienone is 4. The maximum atomic E-state index is 14.1. The number of carbonyl (C=O) groups excluding carboxylic acids is 1. The number of Topliss-reactive ketones (excluding diaryl/α,β-unsaturated/α-hetero) is 1. The summed E-state index contributed by atoms with van der Waals surface area (Å²) in [5.74, 6) is -0.0280. The van der Waals surface area contributed by atoms with Crippen LogP contribution in [0.25, 0.3) is 11.8 Å². The van der Waals surface area contributed by atoms with Gasteiger partial charge in [-0.2, -0.15) is 0 Å². The molecule has 1 N–H and O–H groups in total. The van der Waals surface area contributed by atoms with E-state index in [4.69, 9.17) is 11.6 Å². The molecule has 2 nitrogen and oxygen atoms in total. The Balaban J connectivity index is 1.64. The molecule has 34 heavy (non-hydrogen) atoms. The van der Waals surface area contributed by atoms with Crippen molar-refractivity contribution >= 4 is 45.1 Å². The number of carbonyl (C=O) groups is 1. The highest BCUT2D eigenvalue weighted by atomic mass is 79.9. The van der Waals surface area contributed by atoms with E-state index < -0.39 is 0 Å². The first kappa shape index (κ1) is 22.9. The number of ketones is 1. The topological polar surface area (TPSA) is 29.1 Å². The molecular formula is C30H25BrClNO. The quantitative estimate of drug-likeness (QED) is 0.346. The molecule has 1 heterocycles. The molecule has 170 valence electrons. The fraction of sp³-hybridized carbons (Fsp3) is 0.167. The smallest absolute Gasteiger partial charge is 0.188 e. The van der Waals surface area contributed by atoms with E-state index in [-0.39, 0.29) is 17.1 Å². The molecular weight excluding hydrogens is 506 g/mol. The summed E-state index contributed by atoms with van der Waals surface area (Å²) in [5, 5.41) is 4.32. The van der Waals surface area contributed by atoms with Crippen molar-refractivity contribution in [2.75, 3.05) is 0 Å². The van der Waals surface area contributed by atoms with E-state index in [1.165, 1.54) is 0 Å². The third-order valence-electron chi connectivity index (χ3n) is 6.59. The summed E-state index contributed by atoms with van der Waals surface area (Å²) >= 11 is 9.67. The highest BCUT2D eigenvalue weighted by Crippen LogP contribution is 2.48. The molecule has 0 spiro atoms. The van der Waals surface area contributed by atoms with Crippen molar-refractivity contribution in [3.63, 3.8) is 0 Å². The van der Waals surface area contributed by atoms with Crippen LogP contribution in [0, 0.1) is 5.41 Å². The van der Waals surface area contributed by atoms with Gasteiger partial charge in [-0.1, -0.05) is 96.0 Å². The highest BCUT2D eigenvalue weighted by Gasteiger charge is 2.42. The molecule has 0 fully saturated rings. The summed E-state index contributed by atoms with van der Waals surface area (Å²) in [6.07, 6.45) is 4.98. The lowest BCUT2D eigenvalue weighted by Gasteiger charge is -2.40. The number of hydrogen-bond acceptors (Lipinski definition) is 2. The minimum absolute atomic E-state index is 0.113. The van der Waals surface area contributed by atoms with Crippen LogP contribution in [0.4, 0.5) is 0 Å². The van der Waals surface area contributed by atoms with Gasteiger partial charge in [-0.15, -0.1) is 0 Å². The first-order chi connectivity index (χ1) is 16.3. The second-order valence-electron chi connectivity index (χ2n) is 9.49. The van der Waals surface area contributed by atoms with Crippen LogP contribution in [0.3, 0.4) is 0 Å². The number of hydrogen-bond donors (Lipinski definition) is 1. The van der Waals surface area contributed by atoms with E-state index in [1.54, 1.807) is 0 Å². The van der Waals surface area contributed by atoms with Crippen molar-refractivity contribution in [3.8, 4) is 0 Å². The van der Waals surface area contributed by atoms with Gasteiger partial charge < -0.3 is 5.32 Å².